The largest absolute Gasteiger partial charge is 0.469 e. The van der Waals surface area contributed by atoms with Crippen LogP contribution in [0.3, 0.4) is 0 Å². The average Bonchev–Trinajstić information content (AvgIpc) is 2.24. The topological polar surface area (TPSA) is 83.9 Å². The number of aliphatic hydroxyl groups is 1. The molecule has 0 heterocycles. The Bertz CT molecular complexity index is 326. The average molecular weight is 267 g/mol. The molecule has 0 aromatic heterocycles. The summed E-state index contributed by atoms with van der Waals surface area (Å²) in [5.41, 5.74) is 0. The second kappa shape index (κ2) is 7.62. The van der Waals surface area contributed by atoms with Gasteiger partial charge < -0.3 is 9.84 Å². The van der Waals surface area contributed by atoms with Gasteiger partial charge in [-0.1, -0.05) is 0 Å². The van der Waals surface area contributed by atoms with Crippen molar-refractivity contribution in [3.63, 3.8) is 0 Å². The van der Waals surface area contributed by atoms with E-state index in [1.165, 1.54) is 11.4 Å². The predicted octanol–water partition coefficient (Wildman–Crippen LogP) is -0.0279. The Kier molecular flexibility index (Phi) is 7.33. The van der Waals surface area contributed by atoms with E-state index in [4.69, 9.17) is 5.11 Å². The number of sulfonamides is 1. The van der Waals surface area contributed by atoms with Gasteiger partial charge >= 0.3 is 5.97 Å². The summed E-state index contributed by atoms with van der Waals surface area (Å²) in [4.78, 5) is 10.9. The number of hydrogen-bond donors (Lipinski definition) is 1. The summed E-state index contributed by atoms with van der Waals surface area (Å²) in [6, 6.07) is -0.203. The van der Waals surface area contributed by atoms with Crippen LogP contribution in [0, 0.1) is 0 Å². The molecule has 17 heavy (non-hydrogen) atoms. The summed E-state index contributed by atoms with van der Waals surface area (Å²) in [6.07, 6.45) is 0.310. The third-order valence-corrected chi connectivity index (χ3v) is 4.39. The van der Waals surface area contributed by atoms with Crippen molar-refractivity contribution in [3.8, 4) is 0 Å². The van der Waals surface area contributed by atoms with Gasteiger partial charge in [-0.3, -0.25) is 4.79 Å². The fourth-order valence-electron chi connectivity index (χ4n) is 1.44. The lowest BCUT2D eigenvalue weighted by Gasteiger charge is -2.24. The number of aliphatic hydroxyl groups excluding tert-OH is 1. The molecule has 1 N–H and O–H groups in total. The molecular weight excluding hydrogens is 246 g/mol. The summed E-state index contributed by atoms with van der Waals surface area (Å²) >= 11 is 0. The lowest BCUT2D eigenvalue weighted by atomic mass is 10.3. The number of carbonyl (C=O) groups is 1. The third kappa shape index (κ3) is 5.99. The van der Waals surface area contributed by atoms with E-state index in [1.807, 2.05) is 0 Å². The lowest BCUT2D eigenvalue weighted by molar-refractivity contribution is -0.140. The number of methoxy groups -OCH3 is 1. The number of nitrogens with zero attached hydrogens (tertiary/aromatic N) is 1. The monoisotopic (exact) mass is 267 g/mol. The van der Waals surface area contributed by atoms with Crippen molar-refractivity contribution in [2.24, 2.45) is 0 Å². The Morgan fingerprint density at radius 1 is 1.41 bits per heavy atom. The van der Waals surface area contributed by atoms with Crippen molar-refractivity contribution in [1.29, 1.82) is 0 Å². The van der Waals surface area contributed by atoms with Crippen LogP contribution in [0.1, 0.15) is 26.7 Å². The van der Waals surface area contributed by atoms with Crippen molar-refractivity contribution in [3.05, 3.63) is 0 Å². The maximum absolute atomic E-state index is 11.9. The second-order valence-corrected chi connectivity index (χ2v) is 5.96. The fourth-order valence-corrected chi connectivity index (χ4v) is 3.18. The molecule has 0 aromatic rings. The molecule has 0 atom stereocenters. The van der Waals surface area contributed by atoms with Gasteiger partial charge in [-0.15, -0.1) is 0 Å². The Morgan fingerprint density at radius 2 is 2.00 bits per heavy atom. The van der Waals surface area contributed by atoms with Gasteiger partial charge in [0, 0.05) is 19.0 Å². The smallest absolute Gasteiger partial charge is 0.305 e. The van der Waals surface area contributed by atoms with E-state index in [0.29, 0.717) is 0 Å². The molecule has 0 unspecified atom stereocenters. The van der Waals surface area contributed by atoms with E-state index in [-0.39, 0.29) is 37.8 Å². The molecule has 0 radical (unpaired) electrons. The van der Waals surface area contributed by atoms with Crippen LogP contribution in [0.15, 0.2) is 0 Å². The Morgan fingerprint density at radius 3 is 2.41 bits per heavy atom. The number of ether oxygens (including phenoxy) is 1. The SMILES string of the molecule is COC(=O)CCCS(=O)(=O)N(CCO)C(C)C. The van der Waals surface area contributed by atoms with Crippen molar-refractivity contribution >= 4 is 16.0 Å². The fraction of sp³-hybridized carbons (Fsp3) is 0.900. The van der Waals surface area contributed by atoms with E-state index in [0.717, 1.165) is 0 Å². The standard InChI is InChI=1S/C10H21NO5S/c1-9(2)11(6-7-12)17(14,15)8-4-5-10(13)16-3/h9,12H,4-8H2,1-3H3. The first-order valence-corrected chi connectivity index (χ1v) is 7.13. The lowest BCUT2D eigenvalue weighted by Crippen LogP contribution is -2.40. The van der Waals surface area contributed by atoms with Crippen LogP contribution in [-0.2, 0) is 19.6 Å². The molecule has 0 aliphatic carbocycles. The highest BCUT2D eigenvalue weighted by Crippen LogP contribution is 2.09. The van der Waals surface area contributed by atoms with Gasteiger partial charge in [-0.25, -0.2) is 8.42 Å². The van der Waals surface area contributed by atoms with Gasteiger partial charge in [-0.2, -0.15) is 4.31 Å². The minimum atomic E-state index is -3.42. The Labute approximate surface area is 103 Å². The first kappa shape index (κ1) is 16.3. The quantitative estimate of drug-likeness (QED) is 0.624. The van der Waals surface area contributed by atoms with E-state index >= 15 is 0 Å². The zero-order chi connectivity index (χ0) is 13.5. The van der Waals surface area contributed by atoms with E-state index in [2.05, 4.69) is 4.74 Å². The zero-order valence-corrected chi connectivity index (χ0v) is 11.4. The molecule has 0 amide bonds. The van der Waals surface area contributed by atoms with E-state index in [9.17, 15) is 13.2 Å². The van der Waals surface area contributed by atoms with Gasteiger partial charge in [0.25, 0.3) is 0 Å². The molecule has 0 bridgehead atoms. The summed E-state index contributed by atoms with van der Waals surface area (Å²) in [5.74, 6) is -0.529. The number of rotatable bonds is 8. The highest BCUT2D eigenvalue weighted by atomic mass is 32.2. The molecule has 7 heteroatoms. The summed E-state index contributed by atoms with van der Waals surface area (Å²) in [6.45, 7) is 3.35. The van der Waals surface area contributed by atoms with Crippen LogP contribution in [0.4, 0.5) is 0 Å². The van der Waals surface area contributed by atoms with Crippen LogP contribution in [0.25, 0.3) is 0 Å². The van der Waals surface area contributed by atoms with Crippen molar-refractivity contribution in [2.45, 2.75) is 32.7 Å². The minimum absolute atomic E-state index is 0.0816. The van der Waals surface area contributed by atoms with Crippen LogP contribution < -0.4 is 0 Å². The highest BCUT2D eigenvalue weighted by molar-refractivity contribution is 7.89. The molecule has 0 rings (SSSR count). The Balaban J connectivity index is 4.38. The third-order valence-electron chi connectivity index (χ3n) is 2.26. The molecule has 102 valence electrons. The molecule has 6 nitrogen and oxygen atoms in total. The molecule has 0 aliphatic rings. The van der Waals surface area contributed by atoms with Gasteiger partial charge in [0.05, 0.1) is 19.5 Å². The highest BCUT2D eigenvalue weighted by Gasteiger charge is 2.24. The van der Waals surface area contributed by atoms with Gasteiger partial charge in [0.15, 0.2) is 0 Å². The van der Waals surface area contributed by atoms with E-state index < -0.39 is 16.0 Å². The second-order valence-electron chi connectivity index (χ2n) is 3.92. The molecule has 0 fully saturated rings. The van der Waals surface area contributed by atoms with Crippen LogP contribution in [-0.4, -0.2) is 55.9 Å². The van der Waals surface area contributed by atoms with Crippen LogP contribution >= 0.6 is 0 Å². The number of esters is 1. The molecule has 0 saturated carbocycles. The van der Waals surface area contributed by atoms with Gasteiger partial charge in [0.1, 0.15) is 0 Å². The maximum atomic E-state index is 11.9. The molecule has 0 aromatic carbocycles. The normalized spacial score (nSPS) is 12.1. The van der Waals surface area contributed by atoms with Crippen molar-refractivity contribution in [1.82, 2.24) is 4.31 Å². The maximum Gasteiger partial charge on any atom is 0.305 e. The van der Waals surface area contributed by atoms with Crippen LogP contribution in [0.5, 0.6) is 0 Å². The Hall–Kier alpha value is -0.660. The first-order chi connectivity index (χ1) is 7.85. The van der Waals surface area contributed by atoms with Crippen LogP contribution in [0.2, 0.25) is 0 Å². The number of hydrogen-bond acceptors (Lipinski definition) is 5. The summed E-state index contributed by atoms with van der Waals surface area (Å²) in [5, 5.41) is 8.82. The van der Waals surface area contributed by atoms with Gasteiger partial charge in [-0.05, 0) is 20.3 Å². The molecule has 0 saturated heterocycles. The van der Waals surface area contributed by atoms with E-state index in [1.54, 1.807) is 13.8 Å². The predicted molar refractivity (Wildman–Crippen MR) is 64.0 cm³/mol. The van der Waals surface area contributed by atoms with Crippen molar-refractivity contribution < 1.29 is 23.1 Å². The summed E-state index contributed by atoms with van der Waals surface area (Å²) in [7, 11) is -2.16. The molecule has 0 aliphatic heterocycles. The van der Waals surface area contributed by atoms with Gasteiger partial charge in [0.2, 0.25) is 10.0 Å². The van der Waals surface area contributed by atoms with Crippen molar-refractivity contribution in [2.75, 3.05) is 26.0 Å². The molecule has 0 spiro atoms. The first-order valence-electron chi connectivity index (χ1n) is 5.52. The summed E-state index contributed by atoms with van der Waals surface area (Å²) < 4.78 is 29.5. The number of carbonyl (C=O) groups excluding carboxylic acids is 1. The minimum Gasteiger partial charge on any atom is -0.469 e. The zero-order valence-electron chi connectivity index (χ0n) is 10.5. The molecular formula is C10H21NO5S.